The van der Waals surface area contributed by atoms with E-state index < -0.39 is 23.9 Å². The summed E-state index contributed by atoms with van der Waals surface area (Å²) in [5.41, 5.74) is 0.174. The minimum Gasteiger partial charge on any atom is -0.406 e. The molecule has 2 N–H and O–H groups in total. The molecule has 2 aromatic carbocycles. The Balaban J connectivity index is 1.95. The van der Waals surface area contributed by atoms with E-state index in [0.29, 0.717) is 11.3 Å². The summed E-state index contributed by atoms with van der Waals surface area (Å²) < 4.78 is 80.2. The van der Waals surface area contributed by atoms with Gasteiger partial charge in [0.25, 0.3) is 0 Å². The normalized spacial score (nSPS) is 12.8. The zero-order chi connectivity index (χ0) is 24.2. The first-order valence-corrected chi connectivity index (χ1v) is 9.89. The van der Waals surface area contributed by atoms with Crippen molar-refractivity contribution < 1.29 is 31.1 Å². The second-order valence-corrected chi connectivity index (χ2v) is 7.19. The zero-order valence-corrected chi connectivity index (χ0v) is 17.6. The maximum Gasteiger partial charge on any atom is 0.573 e. The Kier molecular flexibility index (Phi) is 6.99. The molecule has 5 nitrogen and oxygen atoms in total. The number of ether oxygens (including phenoxy) is 1. The number of rotatable bonds is 7. The monoisotopic (exact) mass is 470 g/mol. The van der Waals surface area contributed by atoms with Crippen LogP contribution >= 0.6 is 0 Å². The van der Waals surface area contributed by atoms with Crippen molar-refractivity contribution in [3.8, 4) is 17.0 Å². The SMILES string of the molecule is CC[C@H](C)Nc1nc(Nc2ccc(C(F)(F)F)cc2)cc(-c2cccc(OC(F)(F)F)c2)n1. The highest BCUT2D eigenvalue weighted by atomic mass is 19.4. The van der Waals surface area contributed by atoms with Crippen LogP contribution in [-0.2, 0) is 6.18 Å². The van der Waals surface area contributed by atoms with Gasteiger partial charge < -0.3 is 15.4 Å². The molecule has 33 heavy (non-hydrogen) atoms. The maximum atomic E-state index is 12.8. The van der Waals surface area contributed by atoms with Crippen molar-refractivity contribution in [1.29, 1.82) is 0 Å². The van der Waals surface area contributed by atoms with Gasteiger partial charge in [-0.1, -0.05) is 19.1 Å². The van der Waals surface area contributed by atoms with Gasteiger partial charge in [0.1, 0.15) is 11.6 Å². The van der Waals surface area contributed by atoms with E-state index in [9.17, 15) is 26.3 Å². The summed E-state index contributed by atoms with van der Waals surface area (Å²) >= 11 is 0. The number of alkyl halides is 6. The van der Waals surface area contributed by atoms with E-state index in [4.69, 9.17) is 0 Å². The van der Waals surface area contributed by atoms with Crippen molar-refractivity contribution in [2.24, 2.45) is 0 Å². The first-order chi connectivity index (χ1) is 15.4. The molecule has 3 rings (SSSR count). The molecule has 0 saturated heterocycles. The first kappa shape index (κ1) is 24.1. The molecule has 1 aromatic heterocycles. The lowest BCUT2D eigenvalue weighted by molar-refractivity contribution is -0.274. The average Bonchev–Trinajstić information content (AvgIpc) is 2.72. The van der Waals surface area contributed by atoms with Gasteiger partial charge in [0.2, 0.25) is 5.95 Å². The second kappa shape index (κ2) is 9.55. The molecule has 1 atom stereocenters. The summed E-state index contributed by atoms with van der Waals surface area (Å²) in [6.07, 6.45) is -8.55. The molecule has 0 bridgehead atoms. The van der Waals surface area contributed by atoms with Gasteiger partial charge in [0, 0.05) is 23.4 Å². The molecule has 0 saturated carbocycles. The third kappa shape index (κ3) is 6.99. The standard InChI is InChI=1S/C22H20F6N4O/c1-3-13(2)29-20-31-18(14-5-4-6-17(11-14)33-22(26,27)28)12-19(32-20)30-16-9-7-15(8-10-16)21(23,24)25/h4-13H,3H2,1-2H3,(H2,29,30,31,32)/t13-/m0/s1. The number of aromatic nitrogens is 2. The summed E-state index contributed by atoms with van der Waals surface area (Å²) in [5.74, 6) is 0.0402. The molecular formula is C22H20F6N4O. The fraction of sp³-hybridized carbons (Fsp3) is 0.273. The van der Waals surface area contributed by atoms with E-state index in [1.165, 1.54) is 30.3 Å². The lowest BCUT2D eigenvalue weighted by Crippen LogP contribution is -2.17. The molecule has 0 aliphatic rings. The van der Waals surface area contributed by atoms with Crippen LogP contribution in [0, 0.1) is 0 Å². The van der Waals surface area contributed by atoms with Gasteiger partial charge in [-0.3, -0.25) is 0 Å². The highest BCUT2D eigenvalue weighted by Gasteiger charge is 2.31. The summed E-state index contributed by atoms with van der Waals surface area (Å²) in [6.45, 7) is 3.84. The van der Waals surface area contributed by atoms with Crippen LogP contribution < -0.4 is 15.4 Å². The first-order valence-electron chi connectivity index (χ1n) is 9.89. The molecule has 0 spiro atoms. The molecule has 0 unspecified atom stereocenters. The van der Waals surface area contributed by atoms with Gasteiger partial charge in [-0.15, -0.1) is 13.2 Å². The molecule has 1 heterocycles. The Hall–Kier alpha value is -3.50. The highest BCUT2D eigenvalue weighted by molar-refractivity contribution is 5.68. The number of nitrogens with one attached hydrogen (secondary N) is 2. The van der Waals surface area contributed by atoms with Crippen molar-refractivity contribution in [2.75, 3.05) is 10.6 Å². The summed E-state index contributed by atoms with van der Waals surface area (Å²) in [5, 5.41) is 6.00. The minimum atomic E-state index is -4.84. The fourth-order valence-corrected chi connectivity index (χ4v) is 2.79. The van der Waals surface area contributed by atoms with E-state index in [1.54, 1.807) is 6.07 Å². The molecular weight excluding hydrogens is 450 g/mol. The average molecular weight is 470 g/mol. The van der Waals surface area contributed by atoms with Crippen molar-refractivity contribution in [2.45, 2.75) is 38.8 Å². The number of halogens is 6. The Labute approximate surface area is 185 Å². The number of anilines is 3. The molecule has 0 aliphatic carbocycles. The quantitative estimate of drug-likeness (QED) is 0.364. The Morgan fingerprint density at radius 1 is 0.939 bits per heavy atom. The van der Waals surface area contributed by atoms with Crippen molar-refractivity contribution in [3.63, 3.8) is 0 Å². The van der Waals surface area contributed by atoms with Gasteiger partial charge >= 0.3 is 12.5 Å². The minimum absolute atomic E-state index is 0.000865. The van der Waals surface area contributed by atoms with Crippen LogP contribution in [0.25, 0.3) is 11.3 Å². The molecule has 0 fully saturated rings. The van der Waals surface area contributed by atoms with Gasteiger partial charge in [0.05, 0.1) is 11.3 Å². The van der Waals surface area contributed by atoms with E-state index in [-0.39, 0.29) is 23.5 Å². The van der Waals surface area contributed by atoms with Crippen molar-refractivity contribution in [3.05, 3.63) is 60.2 Å². The number of hydrogen-bond acceptors (Lipinski definition) is 5. The highest BCUT2D eigenvalue weighted by Crippen LogP contribution is 2.32. The van der Waals surface area contributed by atoms with Crippen LogP contribution in [0.5, 0.6) is 5.75 Å². The molecule has 0 radical (unpaired) electrons. The van der Waals surface area contributed by atoms with Crippen LogP contribution in [0.4, 0.5) is 43.8 Å². The van der Waals surface area contributed by atoms with Crippen molar-refractivity contribution >= 4 is 17.5 Å². The number of hydrogen-bond donors (Lipinski definition) is 2. The lowest BCUT2D eigenvalue weighted by atomic mass is 10.1. The second-order valence-electron chi connectivity index (χ2n) is 7.19. The van der Waals surface area contributed by atoms with Crippen LogP contribution in [0.15, 0.2) is 54.6 Å². The van der Waals surface area contributed by atoms with Crippen LogP contribution in [0.1, 0.15) is 25.8 Å². The Morgan fingerprint density at radius 3 is 2.24 bits per heavy atom. The van der Waals surface area contributed by atoms with Gasteiger partial charge in [-0.05, 0) is 49.7 Å². The summed E-state index contributed by atoms with van der Waals surface area (Å²) in [7, 11) is 0. The number of nitrogens with zero attached hydrogens (tertiary/aromatic N) is 2. The van der Waals surface area contributed by atoms with E-state index in [2.05, 4.69) is 25.3 Å². The molecule has 0 amide bonds. The molecule has 3 aromatic rings. The lowest BCUT2D eigenvalue weighted by Gasteiger charge is -2.15. The van der Waals surface area contributed by atoms with Crippen LogP contribution in [0.2, 0.25) is 0 Å². The predicted molar refractivity (Wildman–Crippen MR) is 112 cm³/mol. The van der Waals surface area contributed by atoms with E-state index >= 15 is 0 Å². The third-order valence-electron chi connectivity index (χ3n) is 4.56. The smallest absolute Gasteiger partial charge is 0.406 e. The molecule has 0 aliphatic heterocycles. The van der Waals surface area contributed by atoms with E-state index in [1.807, 2.05) is 13.8 Å². The third-order valence-corrected chi connectivity index (χ3v) is 4.56. The topological polar surface area (TPSA) is 59.1 Å². The van der Waals surface area contributed by atoms with Gasteiger partial charge in [-0.2, -0.15) is 18.2 Å². The number of benzene rings is 2. The van der Waals surface area contributed by atoms with Gasteiger partial charge in [-0.25, -0.2) is 4.98 Å². The molecule has 176 valence electrons. The predicted octanol–water partition coefficient (Wildman–Crippen LogP) is 7.02. The molecule has 11 heteroatoms. The summed E-state index contributed by atoms with van der Waals surface area (Å²) in [4.78, 5) is 8.70. The van der Waals surface area contributed by atoms with Crippen molar-refractivity contribution in [1.82, 2.24) is 9.97 Å². The van der Waals surface area contributed by atoms with Gasteiger partial charge in [0.15, 0.2) is 0 Å². The van der Waals surface area contributed by atoms with Crippen LogP contribution in [-0.4, -0.2) is 22.4 Å². The Morgan fingerprint density at radius 2 is 1.64 bits per heavy atom. The van der Waals surface area contributed by atoms with Crippen LogP contribution in [0.3, 0.4) is 0 Å². The van der Waals surface area contributed by atoms with E-state index in [0.717, 1.165) is 24.6 Å². The fourth-order valence-electron chi connectivity index (χ4n) is 2.79. The summed E-state index contributed by atoms with van der Waals surface area (Å²) in [6, 6.07) is 11.1. The largest absolute Gasteiger partial charge is 0.573 e. The Bertz CT molecular complexity index is 1080. The zero-order valence-electron chi connectivity index (χ0n) is 17.6. The maximum absolute atomic E-state index is 12.8.